The molecule has 1 aromatic carbocycles. The number of benzene rings is 1. The van der Waals surface area contributed by atoms with E-state index in [4.69, 9.17) is 0 Å². The minimum absolute atomic E-state index is 0.0752. The Morgan fingerprint density at radius 3 is 2.64 bits per heavy atom. The molecular weight excluding hydrogens is 336 g/mol. The van der Waals surface area contributed by atoms with E-state index in [1.807, 2.05) is 6.92 Å². The molecule has 0 spiro atoms. The van der Waals surface area contributed by atoms with Crippen LogP contribution in [0.25, 0.3) is 0 Å². The van der Waals surface area contributed by atoms with Gasteiger partial charge in [-0.05, 0) is 38.3 Å². The molecule has 1 fully saturated rings. The summed E-state index contributed by atoms with van der Waals surface area (Å²) in [5, 5.41) is 3.01. The Balaban J connectivity index is 1.97. The summed E-state index contributed by atoms with van der Waals surface area (Å²) in [5.41, 5.74) is 0. The predicted octanol–water partition coefficient (Wildman–Crippen LogP) is 3.31. The zero-order chi connectivity index (χ0) is 18.3. The van der Waals surface area contributed by atoms with E-state index >= 15 is 0 Å². The van der Waals surface area contributed by atoms with E-state index < -0.39 is 16.1 Å². The van der Waals surface area contributed by atoms with Crippen molar-refractivity contribution in [3.63, 3.8) is 0 Å². The first-order valence-electron chi connectivity index (χ1n) is 9.34. The lowest BCUT2D eigenvalue weighted by molar-refractivity contribution is -0.124. The maximum absolute atomic E-state index is 12.8. The fraction of sp³-hybridized carbons (Fsp3) is 0.632. The smallest absolute Gasteiger partial charge is 0.243 e. The summed E-state index contributed by atoms with van der Waals surface area (Å²) in [4.78, 5) is 12.9. The number of nitrogens with one attached hydrogen (secondary N) is 1. The SMILES string of the molecule is CCCCCC[C@H](C)NC(=O)[C@@H]1CCCN1S(=O)(=O)c1ccccc1. The lowest BCUT2D eigenvalue weighted by atomic mass is 10.1. The third-order valence-electron chi connectivity index (χ3n) is 4.74. The molecule has 1 aromatic rings. The Kier molecular flexibility index (Phi) is 7.44. The van der Waals surface area contributed by atoms with Gasteiger partial charge in [-0.1, -0.05) is 50.8 Å². The number of rotatable bonds is 9. The summed E-state index contributed by atoms with van der Waals surface area (Å²) < 4.78 is 27.0. The fourth-order valence-corrected chi connectivity index (χ4v) is 4.98. The van der Waals surface area contributed by atoms with Gasteiger partial charge in [0.25, 0.3) is 0 Å². The van der Waals surface area contributed by atoms with E-state index in [0.29, 0.717) is 13.0 Å². The summed E-state index contributed by atoms with van der Waals surface area (Å²) in [7, 11) is -3.62. The van der Waals surface area contributed by atoms with Gasteiger partial charge >= 0.3 is 0 Å². The maximum Gasteiger partial charge on any atom is 0.243 e. The van der Waals surface area contributed by atoms with Crippen LogP contribution in [0.2, 0.25) is 0 Å². The van der Waals surface area contributed by atoms with Gasteiger partial charge in [-0.3, -0.25) is 4.79 Å². The molecule has 1 N–H and O–H groups in total. The van der Waals surface area contributed by atoms with Crippen LogP contribution in [0.4, 0.5) is 0 Å². The van der Waals surface area contributed by atoms with Crippen LogP contribution in [0.15, 0.2) is 35.2 Å². The van der Waals surface area contributed by atoms with E-state index in [-0.39, 0.29) is 16.8 Å². The fourth-order valence-electron chi connectivity index (χ4n) is 3.31. The maximum atomic E-state index is 12.8. The Labute approximate surface area is 151 Å². The van der Waals surface area contributed by atoms with Crippen LogP contribution in [0.5, 0.6) is 0 Å². The normalized spacial score (nSPS) is 19.7. The van der Waals surface area contributed by atoms with Gasteiger partial charge in [0.15, 0.2) is 0 Å². The second-order valence-corrected chi connectivity index (χ2v) is 8.74. The highest BCUT2D eigenvalue weighted by Crippen LogP contribution is 2.26. The molecule has 1 amide bonds. The van der Waals surface area contributed by atoms with Crippen molar-refractivity contribution in [2.24, 2.45) is 0 Å². The molecule has 2 rings (SSSR count). The van der Waals surface area contributed by atoms with Gasteiger partial charge < -0.3 is 5.32 Å². The summed E-state index contributed by atoms with van der Waals surface area (Å²) in [6, 6.07) is 7.84. The summed E-state index contributed by atoms with van der Waals surface area (Å²) >= 11 is 0. The van der Waals surface area contributed by atoms with Gasteiger partial charge in [0, 0.05) is 12.6 Å². The summed E-state index contributed by atoms with van der Waals surface area (Å²) in [6.45, 7) is 4.57. The molecule has 25 heavy (non-hydrogen) atoms. The molecule has 0 unspecified atom stereocenters. The van der Waals surface area contributed by atoms with Gasteiger partial charge in [0.2, 0.25) is 15.9 Å². The minimum Gasteiger partial charge on any atom is -0.352 e. The largest absolute Gasteiger partial charge is 0.352 e. The van der Waals surface area contributed by atoms with Crippen molar-refractivity contribution in [3.05, 3.63) is 30.3 Å². The molecule has 140 valence electrons. The topological polar surface area (TPSA) is 66.5 Å². The van der Waals surface area contributed by atoms with Crippen molar-refractivity contribution < 1.29 is 13.2 Å². The second kappa shape index (κ2) is 9.34. The molecule has 0 saturated carbocycles. The highest BCUT2D eigenvalue weighted by Gasteiger charge is 2.39. The number of hydrogen-bond donors (Lipinski definition) is 1. The van der Waals surface area contributed by atoms with Gasteiger partial charge in [-0.2, -0.15) is 4.31 Å². The third kappa shape index (κ3) is 5.28. The lowest BCUT2D eigenvalue weighted by Gasteiger charge is -2.25. The number of unbranched alkanes of at least 4 members (excludes halogenated alkanes) is 3. The molecule has 0 bridgehead atoms. The van der Waals surface area contributed by atoms with E-state index in [2.05, 4.69) is 12.2 Å². The van der Waals surface area contributed by atoms with Gasteiger partial charge in [-0.15, -0.1) is 0 Å². The lowest BCUT2D eigenvalue weighted by Crippen LogP contribution is -2.48. The van der Waals surface area contributed by atoms with Gasteiger partial charge in [0.1, 0.15) is 6.04 Å². The second-order valence-electron chi connectivity index (χ2n) is 6.85. The number of sulfonamides is 1. The van der Waals surface area contributed by atoms with Crippen molar-refractivity contribution in [3.8, 4) is 0 Å². The first-order chi connectivity index (χ1) is 12.0. The molecular formula is C19H30N2O3S. The average molecular weight is 367 g/mol. The van der Waals surface area contributed by atoms with Crippen LogP contribution >= 0.6 is 0 Å². The van der Waals surface area contributed by atoms with Crippen molar-refractivity contribution >= 4 is 15.9 Å². The standard InChI is InChI=1S/C19H30N2O3S/c1-3-4-5-7-11-16(2)20-19(22)18-14-10-15-21(18)25(23,24)17-12-8-6-9-13-17/h6,8-9,12-13,16,18H,3-5,7,10-11,14-15H2,1-2H3,(H,20,22)/t16-,18-/m0/s1. The van der Waals surface area contributed by atoms with E-state index in [9.17, 15) is 13.2 Å². The Hall–Kier alpha value is -1.40. The Morgan fingerprint density at radius 2 is 1.96 bits per heavy atom. The number of nitrogens with zero attached hydrogens (tertiary/aromatic N) is 1. The zero-order valence-electron chi connectivity index (χ0n) is 15.3. The van der Waals surface area contributed by atoms with Crippen LogP contribution in [-0.4, -0.2) is 37.3 Å². The predicted molar refractivity (Wildman–Crippen MR) is 99.7 cm³/mol. The molecule has 1 saturated heterocycles. The van der Waals surface area contributed by atoms with Gasteiger partial charge in [0.05, 0.1) is 4.90 Å². The van der Waals surface area contributed by atoms with Crippen LogP contribution in [0, 0.1) is 0 Å². The van der Waals surface area contributed by atoms with E-state index in [1.54, 1.807) is 30.3 Å². The number of carbonyl (C=O) groups is 1. The molecule has 0 aromatic heterocycles. The van der Waals surface area contributed by atoms with Crippen LogP contribution in [0.1, 0.15) is 58.8 Å². The number of hydrogen-bond acceptors (Lipinski definition) is 3. The Morgan fingerprint density at radius 1 is 1.24 bits per heavy atom. The molecule has 0 radical (unpaired) electrons. The molecule has 6 heteroatoms. The average Bonchev–Trinajstić information content (AvgIpc) is 3.10. The molecule has 1 aliphatic rings. The van der Waals surface area contributed by atoms with Crippen LogP contribution in [0.3, 0.4) is 0 Å². The molecule has 0 aliphatic carbocycles. The quantitative estimate of drug-likeness (QED) is 0.682. The van der Waals surface area contributed by atoms with Crippen molar-refractivity contribution in [2.75, 3.05) is 6.54 Å². The van der Waals surface area contributed by atoms with Crippen molar-refractivity contribution in [1.29, 1.82) is 0 Å². The first kappa shape index (κ1) is 19.9. The van der Waals surface area contributed by atoms with Crippen molar-refractivity contribution in [2.45, 2.75) is 75.8 Å². The molecule has 1 aliphatic heterocycles. The summed E-state index contributed by atoms with van der Waals surface area (Å²) in [5.74, 6) is -0.167. The monoisotopic (exact) mass is 366 g/mol. The molecule has 1 heterocycles. The molecule has 5 nitrogen and oxygen atoms in total. The first-order valence-corrected chi connectivity index (χ1v) is 10.8. The highest BCUT2D eigenvalue weighted by molar-refractivity contribution is 7.89. The van der Waals surface area contributed by atoms with E-state index in [0.717, 1.165) is 19.3 Å². The van der Waals surface area contributed by atoms with Crippen LogP contribution < -0.4 is 5.32 Å². The summed E-state index contributed by atoms with van der Waals surface area (Å²) in [6.07, 6.45) is 6.90. The minimum atomic E-state index is -3.62. The number of amides is 1. The Bertz CT molecular complexity index is 646. The van der Waals surface area contributed by atoms with Crippen molar-refractivity contribution in [1.82, 2.24) is 9.62 Å². The zero-order valence-corrected chi connectivity index (χ0v) is 16.1. The van der Waals surface area contributed by atoms with E-state index in [1.165, 1.54) is 23.6 Å². The van der Waals surface area contributed by atoms with Crippen LogP contribution in [-0.2, 0) is 14.8 Å². The van der Waals surface area contributed by atoms with Gasteiger partial charge in [-0.25, -0.2) is 8.42 Å². The number of carbonyl (C=O) groups excluding carboxylic acids is 1. The third-order valence-corrected chi connectivity index (χ3v) is 6.66. The highest BCUT2D eigenvalue weighted by atomic mass is 32.2. The molecule has 2 atom stereocenters.